The number of fused-ring (bicyclic) bond motifs is 1. The van der Waals surface area contributed by atoms with E-state index in [-0.39, 0.29) is 24.9 Å². The van der Waals surface area contributed by atoms with E-state index >= 15 is 0 Å². The van der Waals surface area contributed by atoms with Crippen LogP contribution in [-0.2, 0) is 24.3 Å². The fourth-order valence-corrected chi connectivity index (χ4v) is 4.09. The van der Waals surface area contributed by atoms with Crippen molar-refractivity contribution in [3.05, 3.63) is 64.7 Å². The van der Waals surface area contributed by atoms with Gasteiger partial charge in [0.1, 0.15) is 5.75 Å². The van der Waals surface area contributed by atoms with Crippen molar-refractivity contribution in [3.8, 4) is 5.75 Å². The standard InChI is InChI=1S/C24H28F2N2O2/c1-16(10-23(27)29)18-4-2-17(3-5-18)13-28-9-8-19-11-22(7-6-20(19)14-28)30-15-21-12-24(21,25)26/h2-7,11,16,21H,8-10,12-15H2,1H3,(H2,27,29)/t16-,21?/m0/s1. The third-order valence-electron chi connectivity index (χ3n) is 6.14. The van der Waals surface area contributed by atoms with E-state index < -0.39 is 11.8 Å². The van der Waals surface area contributed by atoms with Crippen LogP contribution in [0.2, 0.25) is 0 Å². The van der Waals surface area contributed by atoms with Crippen LogP contribution in [0.4, 0.5) is 8.78 Å². The quantitative estimate of drug-likeness (QED) is 0.702. The molecule has 4 rings (SSSR count). The van der Waals surface area contributed by atoms with Crippen molar-refractivity contribution in [2.45, 2.75) is 51.1 Å². The van der Waals surface area contributed by atoms with Gasteiger partial charge >= 0.3 is 0 Å². The smallest absolute Gasteiger partial charge is 0.255 e. The van der Waals surface area contributed by atoms with Gasteiger partial charge in [0, 0.05) is 32.5 Å². The molecule has 30 heavy (non-hydrogen) atoms. The van der Waals surface area contributed by atoms with E-state index in [1.54, 1.807) is 0 Å². The molecule has 1 saturated carbocycles. The molecular weight excluding hydrogens is 386 g/mol. The van der Waals surface area contributed by atoms with E-state index in [1.807, 2.05) is 19.1 Å². The van der Waals surface area contributed by atoms with E-state index in [0.29, 0.717) is 12.2 Å². The first-order chi connectivity index (χ1) is 14.3. The van der Waals surface area contributed by atoms with Crippen molar-refractivity contribution in [1.29, 1.82) is 0 Å². The Morgan fingerprint density at radius 3 is 2.63 bits per heavy atom. The molecule has 2 aliphatic rings. The van der Waals surface area contributed by atoms with Crippen molar-refractivity contribution < 1.29 is 18.3 Å². The van der Waals surface area contributed by atoms with Gasteiger partial charge in [-0.25, -0.2) is 8.78 Å². The molecule has 4 nitrogen and oxygen atoms in total. The summed E-state index contributed by atoms with van der Waals surface area (Å²) in [5.41, 5.74) is 10.1. The SMILES string of the molecule is C[C@@H](CC(N)=O)c1ccc(CN2CCc3cc(OCC4CC4(F)F)ccc3C2)cc1. The molecule has 0 aromatic heterocycles. The second-order valence-electron chi connectivity index (χ2n) is 8.68. The number of amides is 1. The van der Waals surface area contributed by atoms with E-state index in [0.717, 1.165) is 31.6 Å². The van der Waals surface area contributed by atoms with Gasteiger partial charge in [0.05, 0.1) is 12.5 Å². The number of carbonyl (C=O) groups excluding carboxylic acids is 1. The van der Waals surface area contributed by atoms with Gasteiger partial charge in [-0.3, -0.25) is 9.69 Å². The Hall–Kier alpha value is -2.47. The molecule has 2 aromatic carbocycles. The molecule has 0 saturated heterocycles. The number of rotatable bonds is 8. The molecular formula is C24H28F2N2O2. The van der Waals surface area contributed by atoms with Gasteiger partial charge in [-0.05, 0) is 46.7 Å². The highest BCUT2D eigenvalue weighted by Crippen LogP contribution is 2.48. The highest BCUT2D eigenvalue weighted by molar-refractivity contribution is 5.74. The molecule has 1 heterocycles. The number of primary amides is 1. The van der Waals surface area contributed by atoms with Crippen LogP contribution >= 0.6 is 0 Å². The second-order valence-corrected chi connectivity index (χ2v) is 8.68. The van der Waals surface area contributed by atoms with Crippen molar-refractivity contribution in [3.63, 3.8) is 0 Å². The van der Waals surface area contributed by atoms with Crippen LogP contribution in [0.5, 0.6) is 5.75 Å². The maximum absolute atomic E-state index is 13.0. The zero-order valence-corrected chi connectivity index (χ0v) is 17.2. The van der Waals surface area contributed by atoms with Gasteiger partial charge < -0.3 is 10.5 Å². The van der Waals surface area contributed by atoms with E-state index in [1.165, 1.54) is 16.7 Å². The Bertz CT molecular complexity index is 914. The first-order valence-electron chi connectivity index (χ1n) is 10.5. The molecule has 0 spiro atoms. The predicted octanol–water partition coefficient (Wildman–Crippen LogP) is 4.26. The fraction of sp³-hybridized carbons (Fsp3) is 0.458. The van der Waals surface area contributed by atoms with E-state index in [9.17, 15) is 13.6 Å². The summed E-state index contributed by atoms with van der Waals surface area (Å²) >= 11 is 0. The lowest BCUT2D eigenvalue weighted by molar-refractivity contribution is -0.118. The van der Waals surface area contributed by atoms with Crippen LogP contribution in [0.3, 0.4) is 0 Å². The molecule has 6 heteroatoms. The predicted molar refractivity (Wildman–Crippen MR) is 111 cm³/mol. The summed E-state index contributed by atoms with van der Waals surface area (Å²) in [5, 5.41) is 0. The Balaban J connectivity index is 1.31. The number of ether oxygens (including phenoxy) is 1. The molecule has 2 atom stereocenters. The third kappa shape index (κ3) is 4.98. The zero-order chi connectivity index (χ0) is 21.3. The second kappa shape index (κ2) is 8.34. The largest absolute Gasteiger partial charge is 0.493 e. The Morgan fingerprint density at radius 1 is 1.23 bits per heavy atom. The number of hydrogen-bond donors (Lipinski definition) is 1. The molecule has 0 bridgehead atoms. The van der Waals surface area contributed by atoms with Gasteiger partial charge in [0.2, 0.25) is 5.91 Å². The number of benzene rings is 2. The third-order valence-corrected chi connectivity index (χ3v) is 6.14. The highest BCUT2D eigenvalue weighted by Gasteiger charge is 2.57. The van der Waals surface area contributed by atoms with Crippen LogP contribution in [0, 0.1) is 5.92 Å². The summed E-state index contributed by atoms with van der Waals surface area (Å²) in [5.74, 6) is -2.63. The molecule has 1 fully saturated rings. The zero-order valence-electron chi connectivity index (χ0n) is 17.2. The molecule has 1 unspecified atom stereocenters. The van der Waals surface area contributed by atoms with Crippen molar-refractivity contribution in [2.24, 2.45) is 11.7 Å². The molecule has 1 aliphatic heterocycles. The summed E-state index contributed by atoms with van der Waals surface area (Å²) in [4.78, 5) is 13.5. The maximum Gasteiger partial charge on any atom is 0.255 e. The van der Waals surface area contributed by atoms with Crippen LogP contribution in [-0.4, -0.2) is 29.9 Å². The number of nitrogens with two attached hydrogens (primary N) is 1. The van der Waals surface area contributed by atoms with Crippen LogP contribution in [0.15, 0.2) is 42.5 Å². The van der Waals surface area contributed by atoms with Crippen molar-refractivity contribution in [2.75, 3.05) is 13.2 Å². The van der Waals surface area contributed by atoms with E-state index in [4.69, 9.17) is 10.5 Å². The molecule has 160 valence electrons. The lowest BCUT2D eigenvalue weighted by atomic mass is 9.96. The van der Waals surface area contributed by atoms with Crippen molar-refractivity contribution >= 4 is 5.91 Å². The normalized spacial score (nSPS) is 21.0. The minimum atomic E-state index is -2.53. The number of carbonyl (C=O) groups is 1. The number of halogens is 2. The molecule has 1 amide bonds. The summed E-state index contributed by atoms with van der Waals surface area (Å²) in [6.07, 6.45) is 1.22. The monoisotopic (exact) mass is 414 g/mol. The Kier molecular flexibility index (Phi) is 5.78. The maximum atomic E-state index is 13.0. The minimum absolute atomic E-state index is 0.0576. The summed E-state index contributed by atoms with van der Waals surface area (Å²) in [6.45, 7) is 4.76. The first-order valence-corrected chi connectivity index (χ1v) is 10.5. The molecule has 2 aromatic rings. The average Bonchev–Trinajstić information content (AvgIpc) is 3.33. The lowest BCUT2D eigenvalue weighted by Gasteiger charge is -2.29. The lowest BCUT2D eigenvalue weighted by Crippen LogP contribution is -2.30. The Morgan fingerprint density at radius 2 is 1.97 bits per heavy atom. The van der Waals surface area contributed by atoms with Gasteiger partial charge in [-0.15, -0.1) is 0 Å². The Labute approximate surface area is 176 Å². The molecule has 2 N–H and O–H groups in total. The summed E-state index contributed by atoms with van der Waals surface area (Å²) < 4.78 is 31.6. The van der Waals surface area contributed by atoms with E-state index in [2.05, 4.69) is 35.2 Å². The van der Waals surface area contributed by atoms with Gasteiger partial charge in [0.25, 0.3) is 5.92 Å². The molecule has 0 radical (unpaired) electrons. The summed E-state index contributed by atoms with van der Waals surface area (Å²) in [6, 6.07) is 14.3. The van der Waals surface area contributed by atoms with Crippen LogP contribution < -0.4 is 10.5 Å². The average molecular weight is 414 g/mol. The highest BCUT2D eigenvalue weighted by atomic mass is 19.3. The van der Waals surface area contributed by atoms with Gasteiger partial charge in [0.15, 0.2) is 0 Å². The minimum Gasteiger partial charge on any atom is -0.493 e. The van der Waals surface area contributed by atoms with Gasteiger partial charge in [-0.1, -0.05) is 37.3 Å². The fourth-order valence-electron chi connectivity index (χ4n) is 4.09. The van der Waals surface area contributed by atoms with Gasteiger partial charge in [-0.2, -0.15) is 0 Å². The number of nitrogens with zero attached hydrogens (tertiary/aromatic N) is 1. The number of alkyl halides is 2. The van der Waals surface area contributed by atoms with Crippen LogP contribution in [0.25, 0.3) is 0 Å². The number of hydrogen-bond acceptors (Lipinski definition) is 3. The molecule has 1 aliphatic carbocycles. The topological polar surface area (TPSA) is 55.6 Å². The first kappa shape index (κ1) is 20.8. The van der Waals surface area contributed by atoms with Crippen LogP contribution in [0.1, 0.15) is 47.9 Å². The summed E-state index contributed by atoms with van der Waals surface area (Å²) in [7, 11) is 0. The van der Waals surface area contributed by atoms with Crippen molar-refractivity contribution in [1.82, 2.24) is 4.90 Å².